The smallest absolute Gasteiger partial charge is 0.410 e. The molecule has 7 nitrogen and oxygen atoms in total. The number of piperidine rings is 1. The minimum atomic E-state index is -0.443. The number of aliphatic imine (C=N–C) groups is 1. The third-order valence-electron chi connectivity index (χ3n) is 4.65. The van der Waals surface area contributed by atoms with Crippen molar-refractivity contribution >= 4 is 12.1 Å². The normalized spacial score (nSPS) is 18.1. The van der Waals surface area contributed by atoms with Gasteiger partial charge in [0.15, 0.2) is 5.96 Å². The molecule has 1 amide bonds. The number of hydrogen-bond acceptors (Lipinski definition) is 3. The summed E-state index contributed by atoms with van der Waals surface area (Å²) in [4.78, 5) is 18.9. The molecule has 1 aromatic heterocycles. The highest BCUT2D eigenvalue weighted by Gasteiger charge is 2.27. The third-order valence-corrected chi connectivity index (χ3v) is 4.65. The van der Waals surface area contributed by atoms with Crippen molar-refractivity contribution in [2.45, 2.75) is 59.1 Å². The Kier molecular flexibility index (Phi) is 8.67. The monoisotopic (exact) mass is 391 g/mol. The Bertz CT molecular complexity index is 607. The Hall–Kier alpha value is -2.18. The highest BCUT2D eigenvalue weighted by atomic mass is 16.6. The summed E-state index contributed by atoms with van der Waals surface area (Å²) in [5, 5.41) is 6.68. The van der Waals surface area contributed by atoms with Crippen molar-refractivity contribution in [1.29, 1.82) is 0 Å². The Morgan fingerprint density at radius 3 is 2.68 bits per heavy atom. The number of carbonyl (C=O) groups is 1. The van der Waals surface area contributed by atoms with Crippen LogP contribution in [0.15, 0.2) is 29.5 Å². The predicted molar refractivity (Wildman–Crippen MR) is 114 cm³/mol. The molecule has 158 valence electrons. The summed E-state index contributed by atoms with van der Waals surface area (Å²) < 4.78 is 7.66. The van der Waals surface area contributed by atoms with Crippen LogP contribution in [-0.2, 0) is 11.3 Å². The lowest BCUT2D eigenvalue weighted by molar-refractivity contribution is 0.0163. The molecule has 2 rings (SSSR count). The van der Waals surface area contributed by atoms with Crippen LogP contribution in [-0.4, -0.2) is 59.8 Å². The van der Waals surface area contributed by atoms with Crippen LogP contribution < -0.4 is 10.6 Å². The summed E-state index contributed by atoms with van der Waals surface area (Å²) in [6.45, 7) is 12.7. The number of guanidine groups is 1. The first-order valence-corrected chi connectivity index (χ1v) is 10.5. The number of nitrogens with one attached hydrogen (secondary N) is 2. The summed E-state index contributed by atoms with van der Waals surface area (Å²) in [7, 11) is 0. The average Bonchev–Trinajstić information content (AvgIpc) is 3.14. The third kappa shape index (κ3) is 8.23. The van der Waals surface area contributed by atoms with E-state index in [1.807, 2.05) is 37.8 Å². The van der Waals surface area contributed by atoms with Crippen LogP contribution in [0.3, 0.4) is 0 Å². The van der Waals surface area contributed by atoms with E-state index in [1.165, 1.54) is 0 Å². The Morgan fingerprint density at radius 2 is 2.00 bits per heavy atom. The van der Waals surface area contributed by atoms with Crippen LogP contribution in [0.4, 0.5) is 4.79 Å². The van der Waals surface area contributed by atoms with Gasteiger partial charge in [0.1, 0.15) is 5.60 Å². The van der Waals surface area contributed by atoms with Gasteiger partial charge < -0.3 is 24.8 Å². The van der Waals surface area contributed by atoms with Crippen LogP contribution in [0.5, 0.6) is 0 Å². The topological polar surface area (TPSA) is 70.9 Å². The Balaban J connectivity index is 1.75. The molecule has 0 aliphatic carbocycles. The molecule has 1 saturated heterocycles. The second-order valence-electron chi connectivity index (χ2n) is 8.33. The standard InChI is InChI=1S/C21H37N5O2/c1-5-22-19(24-12-16-25-13-6-7-14-25)23-11-10-18-9-8-15-26(17-18)20(27)28-21(2,3)4/h6-7,13-14,18H,5,8-12,15-17H2,1-4H3,(H2,22,23,24). The van der Waals surface area contributed by atoms with Gasteiger partial charge in [0.05, 0.1) is 0 Å². The molecule has 1 aromatic rings. The van der Waals surface area contributed by atoms with Crippen molar-refractivity contribution in [2.75, 3.05) is 32.7 Å². The largest absolute Gasteiger partial charge is 0.444 e. The predicted octanol–water partition coefficient (Wildman–Crippen LogP) is 3.08. The molecule has 1 atom stereocenters. The summed E-state index contributed by atoms with van der Waals surface area (Å²) in [6.07, 6.45) is 7.08. The highest BCUT2D eigenvalue weighted by molar-refractivity contribution is 5.79. The van der Waals surface area contributed by atoms with E-state index in [2.05, 4.69) is 34.5 Å². The van der Waals surface area contributed by atoms with Gasteiger partial charge >= 0.3 is 6.09 Å². The molecule has 1 unspecified atom stereocenters. The summed E-state index contributed by atoms with van der Waals surface area (Å²) in [5.41, 5.74) is -0.443. The molecule has 2 heterocycles. The lowest BCUT2D eigenvalue weighted by atomic mass is 9.95. The van der Waals surface area contributed by atoms with Gasteiger partial charge in [-0.15, -0.1) is 0 Å². The molecule has 1 aliphatic heterocycles. The van der Waals surface area contributed by atoms with E-state index in [0.717, 1.165) is 64.5 Å². The van der Waals surface area contributed by atoms with Crippen molar-refractivity contribution in [2.24, 2.45) is 10.9 Å². The SMILES string of the molecule is CCNC(=NCCC1CCCN(C(=O)OC(C)(C)C)C1)NCCn1cccc1. The quantitative estimate of drug-likeness (QED) is 0.553. The minimum absolute atomic E-state index is 0.194. The van der Waals surface area contributed by atoms with E-state index >= 15 is 0 Å². The molecule has 0 aromatic carbocycles. The van der Waals surface area contributed by atoms with Crippen LogP contribution in [0, 0.1) is 5.92 Å². The Morgan fingerprint density at radius 1 is 1.25 bits per heavy atom. The first-order chi connectivity index (χ1) is 13.4. The van der Waals surface area contributed by atoms with E-state index in [1.54, 1.807) is 0 Å². The number of amides is 1. The van der Waals surface area contributed by atoms with Crippen molar-refractivity contribution in [3.63, 3.8) is 0 Å². The van der Waals surface area contributed by atoms with Gasteiger partial charge in [-0.25, -0.2) is 4.79 Å². The zero-order valence-corrected chi connectivity index (χ0v) is 17.9. The number of hydrogen-bond donors (Lipinski definition) is 2. The molecular formula is C21H37N5O2. The van der Waals surface area contributed by atoms with Crippen LogP contribution in [0.1, 0.15) is 47.0 Å². The lowest BCUT2D eigenvalue weighted by Gasteiger charge is -2.34. The van der Waals surface area contributed by atoms with Crippen molar-refractivity contribution in [1.82, 2.24) is 20.1 Å². The van der Waals surface area contributed by atoms with Crippen molar-refractivity contribution in [3.8, 4) is 0 Å². The lowest BCUT2D eigenvalue weighted by Crippen LogP contribution is -2.43. The van der Waals surface area contributed by atoms with Crippen LogP contribution in [0.2, 0.25) is 0 Å². The zero-order valence-electron chi connectivity index (χ0n) is 17.9. The van der Waals surface area contributed by atoms with Gasteiger partial charge in [-0.1, -0.05) is 0 Å². The number of carbonyl (C=O) groups excluding carboxylic acids is 1. The molecule has 1 fully saturated rings. The molecule has 0 radical (unpaired) electrons. The van der Waals surface area contributed by atoms with E-state index < -0.39 is 5.60 Å². The van der Waals surface area contributed by atoms with Gasteiger partial charge in [0, 0.05) is 51.7 Å². The molecular weight excluding hydrogens is 354 g/mol. The van der Waals surface area contributed by atoms with E-state index in [0.29, 0.717) is 5.92 Å². The van der Waals surface area contributed by atoms with Crippen LogP contribution >= 0.6 is 0 Å². The minimum Gasteiger partial charge on any atom is -0.444 e. The molecule has 1 aliphatic rings. The van der Waals surface area contributed by atoms with E-state index in [-0.39, 0.29) is 6.09 Å². The number of likely N-dealkylation sites (tertiary alicyclic amines) is 1. The molecule has 0 spiro atoms. The molecule has 0 bridgehead atoms. The maximum atomic E-state index is 12.3. The van der Waals surface area contributed by atoms with E-state index in [9.17, 15) is 4.79 Å². The average molecular weight is 392 g/mol. The summed E-state index contributed by atoms with van der Waals surface area (Å²) in [6, 6.07) is 4.06. The first kappa shape index (κ1) is 22.1. The molecule has 7 heteroatoms. The molecule has 0 saturated carbocycles. The zero-order chi connectivity index (χ0) is 20.4. The number of nitrogens with zero attached hydrogens (tertiary/aromatic N) is 3. The van der Waals surface area contributed by atoms with Crippen molar-refractivity contribution in [3.05, 3.63) is 24.5 Å². The van der Waals surface area contributed by atoms with Gasteiger partial charge in [-0.2, -0.15) is 0 Å². The second-order valence-corrected chi connectivity index (χ2v) is 8.33. The molecule has 2 N–H and O–H groups in total. The number of ether oxygens (including phenoxy) is 1. The Labute approximate surface area is 169 Å². The maximum Gasteiger partial charge on any atom is 0.410 e. The van der Waals surface area contributed by atoms with Gasteiger partial charge in [0.25, 0.3) is 0 Å². The fourth-order valence-corrected chi connectivity index (χ4v) is 3.32. The maximum absolute atomic E-state index is 12.3. The number of aromatic nitrogens is 1. The molecule has 28 heavy (non-hydrogen) atoms. The highest BCUT2D eigenvalue weighted by Crippen LogP contribution is 2.21. The van der Waals surface area contributed by atoms with Gasteiger partial charge in [-0.05, 0) is 65.0 Å². The van der Waals surface area contributed by atoms with Gasteiger partial charge in [0.2, 0.25) is 0 Å². The van der Waals surface area contributed by atoms with Gasteiger partial charge in [-0.3, -0.25) is 4.99 Å². The fraction of sp³-hybridized carbons (Fsp3) is 0.714. The second kappa shape index (κ2) is 11.0. The van der Waals surface area contributed by atoms with E-state index in [4.69, 9.17) is 9.73 Å². The van der Waals surface area contributed by atoms with Crippen LogP contribution in [0.25, 0.3) is 0 Å². The number of rotatable bonds is 7. The fourth-order valence-electron chi connectivity index (χ4n) is 3.32. The van der Waals surface area contributed by atoms with Crippen molar-refractivity contribution < 1.29 is 9.53 Å². The summed E-state index contributed by atoms with van der Waals surface area (Å²) >= 11 is 0. The first-order valence-electron chi connectivity index (χ1n) is 10.5. The summed E-state index contributed by atoms with van der Waals surface area (Å²) in [5.74, 6) is 1.34.